The number of amides is 1. The second-order valence-electron chi connectivity index (χ2n) is 5.30. The van der Waals surface area contributed by atoms with Gasteiger partial charge in [-0.1, -0.05) is 0 Å². The molecular weight excluding hydrogens is 321 g/mol. The van der Waals surface area contributed by atoms with E-state index in [0.717, 1.165) is 6.42 Å². The third-order valence-corrected chi connectivity index (χ3v) is 5.14. The fraction of sp³-hybridized carbons (Fsp3) is 0.200. The van der Waals surface area contributed by atoms with Gasteiger partial charge in [-0.05, 0) is 47.8 Å². The molecule has 1 amide bonds. The van der Waals surface area contributed by atoms with E-state index in [4.69, 9.17) is 12.2 Å². The zero-order chi connectivity index (χ0) is 15.3. The quantitative estimate of drug-likeness (QED) is 0.668. The van der Waals surface area contributed by atoms with Crippen LogP contribution in [0, 0.1) is 10.6 Å². The van der Waals surface area contributed by atoms with Gasteiger partial charge in [0.15, 0.2) is 4.77 Å². The zero-order valence-electron chi connectivity index (χ0n) is 11.5. The topological polar surface area (TPSA) is 51.9 Å². The van der Waals surface area contributed by atoms with Crippen molar-refractivity contribution in [2.75, 3.05) is 6.54 Å². The molecule has 4 rings (SSSR count). The smallest absolute Gasteiger partial charge is 0.256 e. The van der Waals surface area contributed by atoms with Crippen LogP contribution in [0.15, 0.2) is 23.6 Å². The van der Waals surface area contributed by atoms with E-state index in [1.165, 1.54) is 22.6 Å². The molecule has 1 aliphatic heterocycles. The Morgan fingerprint density at radius 2 is 2.23 bits per heavy atom. The van der Waals surface area contributed by atoms with Crippen molar-refractivity contribution in [3.05, 3.63) is 50.2 Å². The highest BCUT2D eigenvalue weighted by atomic mass is 32.1. The third kappa shape index (κ3) is 2.17. The average Bonchev–Trinajstić information content (AvgIpc) is 3.09. The predicted molar refractivity (Wildman–Crippen MR) is 86.2 cm³/mol. The van der Waals surface area contributed by atoms with E-state index in [1.807, 2.05) is 11.4 Å². The van der Waals surface area contributed by atoms with Crippen molar-refractivity contribution >= 4 is 40.5 Å². The van der Waals surface area contributed by atoms with Gasteiger partial charge in [0.2, 0.25) is 0 Å². The Bertz CT molecular complexity index is 940. The summed E-state index contributed by atoms with van der Waals surface area (Å²) in [6.45, 7) is 1.22. The van der Waals surface area contributed by atoms with Crippen molar-refractivity contribution in [1.82, 2.24) is 14.9 Å². The Kier molecular flexibility index (Phi) is 3.12. The minimum absolute atomic E-state index is 0.174. The van der Waals surface area contributed by atoms with E-state index in [2.05, 4.69) is 9.97 Å². The summed E-state index contributed by atoms with van der Waals surface area (Å²) in [4.78, 5) is 21.7. The average molecular weight is 333 g/mol. The molecule has 0 saturated heterocycles. The Morgan fingerprint density at radius 1 is 1.36 bits per heavy atom. The van der Waals surface area contributed by atoms with Crippen LogP contribution in [0.4, 0.5) is 4.39 Å². The molecule has 0 atom stereocenters. The van der Waals surface area contributed by atoms with Crippen LogP contribution in [0.5, 0.6) is 0 Å². The molecule has 3 aromatic rings. The summed E-state index contributed by atoms with van der Waals surface area (Å²) >= 11 is 6.76. The molecule has 0 fully saturated rings. The number of H-pyrrole nitrogens is 2. The lowest BCUT2D eigenvalue weighted by atomic mass is 10.1. The van der Waals surface area contributed by atoms with Crippen molar-refractivity contribution in [3.63, 3.8) is 0 Å². The minimum atomic E-state index is -0.450. The molecule has 0 aliphatic carbocycles. The number of benzene rings is 1. The molecule has 1 aliphatic rings. The van der Waals surface area contributed by atoms with Gasteiger partial charge in [0.1, 0.15) is 5.82 Å². The number of fused-ring (bicyclic) bond motifs is 2. The largest absolute Gasteiger partial charge is 0.334 e. The van der Waals surface area contributed by atoms with E-state index >= 15 is 0 Å². The number of nitrogens with zero attached hydrogens (tertiary/aromatic N) is 1. The van der Waals surface area contributed by atoms with Crippen LogP contribution in [0.3, 0.4) is 0 Å². The number of rotatable bonds is 1. The monoisotopic (exact) mass is 333 g/mol. The van der Waals surface area contributed by atoms with Gasteiger partial charge in [0, 0.05) is 18.0 Å². The van der Waals surface area contributed by atoms with Crippen LogP contribution in [0.25, 0.3) is 11.0 Å². The van der Waals surface area contributed by atoms with Crippen LogP contribution in [0.1, 0.15) is 20.8 Å². The van der Waals surface area contributed by atoms with Gasteiger partial charge in [-0.15, -0.1) is 11.3 Å². The number of carbonyl (C=O) groups excluding carboxylic acids is 1. The highest BCUT2D eigenvalue weighted by molar-refractivity contribution is 7.71. The number of aromatic amines is 2. The van der Waals surface area contributed by atoms with Crippen LogP contribution in [0.2, 0.25) is 0 Å². The number of imidazole rings is 1. The molecule has 0 unspecified atom stereocenters. The van der Waals surface area contributed by atoms with E-state index in [-0.39, 0.29) is 5.91 Å². The van der Waals surface area contributed by atoms with Crippen molar-refractivity contribution in [2.45, 2.75) is 13.0 Å². The van der Waals surface area contributed by atoms with Gasteiger partial charge in [-0.3, -0.25) is 4.79 Å². The van der Waals surface area contributed by atoms with Crippen molar-refractivity contribution in [3.8, 4) is 0 Å². The number of carbonyl (C=O) groups is 1. The summed E-state index contributed by atoms with van der Waals surface area (Å²) in [5.74, 6) is -0.624. The molecule has 1 aromatic carbocycles. The van der Waals surface area contributed by atoms with Gasteiger partial charge in [-0.25, -0.2) is 4.39 Å². The first-order valence-electron chi connectivity index (χ1n) is 6.88. The highest BCUT2D eigenvalue weighted by Crippen LogP contribution is 2.26. The van der Waals surface area contributed by atoms with Crippen molar-refractivity contribution < 1.29 is 9.18 Å². The van der Waals surface area contributed by atoms with E-state index in [9.17, 15) is 9.18 Å². The maximum absolute atomic E-state index is 13.8. The first-order chi connectivity index (χ1) is 10.6. The number of hydrogen-bond donors (Lipinski definition) is 2. The molecule has 0 spiro atoms. The van der Waals surface area contributed by atoms with Gasteiger partial charge in [0.25, 0.3) is 5.91 Å². The lowest BCUT2D eigenvalue weighted by molar-refractivity contribution is 0.0737. The van der Waals surface area contributed by atoms with Gasteiger partial charge >= 0.3 is 0 Å². The van der Waals surface area contributed by atoms with Crippen LogP contribution >= 0.6 is 23.6 Å². The van der Waals surface area contributed by atoms with E-state index < -0.39 is 5.82 Å². The van der Waals surface area contributed by atoms with E-state index in [1.54, 1.807) is 16.2 Å². The summed E-state index contributed by atoms with van der Waals surface area (Å²) < 4.78 is 14.2. The molecule has 0 radical (unpaired) electrons. The summed E-state index contributed by atoms with van der Waals surface area (Å²) in [6.07, 6.45) is 0.848. The number of thiophene rings is 1. The second kappa shape index (κ2) is 5.03. The maximum atomic E-state index is 13.8. The Hall–Kier alpha value is -1.99. The maximum Gasteiger partial charge on any atom is 0.256 e. The molecule has 2 N–H and O–H groups in total. The number of hydrogen-bond acceptors (Lipinski definition) is 3. The van der Waals surface area contributed by atoms with Crippen molar-refractivity contribution in [2.24, 2.45) is 0 Å². The molecule has 3 heterocycles. The van der Waals surface area contributed by atoms with Crippen LogP contribution in [-0.4, -0.2) is 27.3 Å². The highest BCUT2D eigenvalue weighted by Gasteiger charge is 2.24. The zero-order valence-corrected chi connectivity index (χ0v) is 13.1. The number of nitrogens with one attached hydrogen (secondary N) is 2. The second-order valence-corrected chi connectivity index (χ2v) is 6.71. The van der Waals surface area contributed by atoms with Gasteiger partial charge in [0.05, 0.1) is 16.6 Å². The summed E-state index contributed by atoms with van der Waals surface area (Å²) in [6, 6.07) is 4.66. The molecule has 0 saturated carbocycles. The van der Waals surface area contributed by atoms with Crippen LogP contribution < -0.4 is 0 Å². The van der Waals surface area contributed by atoms with Crippen LogP contribution in [-0.2, 0) is 13.0 Å². The standard InChI is InChI=1S/C15H12FN3OS2/c16-9-5-10(13-11(6-9)17-15(21)18-13)14(20)19-3-1-12-8(7-19)2-4-22-12/h2,4-6H,1,3,7H2,(H2,17,18,21). The third-order valence-electron chi connectivity index (χ3n) is 3.92. The van der Waals surface area contributed by atoms with Crippen molar-refractivity contribution in [1.29, 1.82) is 0 Å². The first-order valence-corrected chi connectivity index (χ1v) is 8.16. The fourth-order valence-corrected chi connectivity index (χ4v) is 3.97. The molecule has 22 heavy (non-hydrogen) atoms. The Labute approximate surface area is 134 Å². The lowest BCUT2D eigenvalue weighted by Gasteiger charge is -2.27. The number of halogens is 1. The summed E-state index contributed by atoms with van der Waals surface area (Å²) in [5.41, 5.74) is 2.58. The van der Waals surface area contributed by atoms with Gasteiger partial charge in [-0.2, -0.15) is 0 Å². The molecule has 0 bridgehead atoms. The summed E-state index contributed by atoms with van der Waals surface area (Å²) in [7, 11) is 0. The first kappa shape index (κ1) is 13.7. The van der Waals surface area contributed by atoms with E-state index in [0.29, 0.717) is 34.5 Å². The molecule has 2 aromatic heterocycles. The molecule has 7 heteroatoms. The lowest BCUT2D eigenvalue weighted by Crippen LogP contribution is -2.35. The predicted octanol–water partition coefficient (Wildman–Crippen LogP) is 3.62. The molecule has 4 nitrogen and oxygen atoms in total. The Balaban J connectivity index is 1.76. The Morgan fingerprint density at radius 3 is 3.09 bits per heavy atom. The number of aromatic nitrogens is 2. The molecule has 112 valence electrons. The molecular formula is C15H12FN3OS2. The van der Waals surface area contributed by atoms with Gasteiger partial charge < -0.3 is 14.9 Å². The summed E-state index contributed by atoms with van der Waals surface area (Å²) in [5, 5.41) is 2.04. The fourth-order valence-electron chi connectivity index (χ4n) is 2.87. The normalized spacial score (nSPS) is 14.3. The minimum Gasteiger partial charge on any atom is -0.334 e. The SMILES string of the molecule is O=C(c1cc(F)cc2[nH]c(=S)[nH]c12)N1CCc2sccc2C1.